The topological polar surface area (TPSA) is 85.8 Å². The second-order valence-corrected chi connectivity index (χ2v) is 6.89. The number of carbonyl (C=O) groups is 2. The number of nitrogens with zero attached hydrogens (tertiary/aromatic N) is 2. The van der Waals surface area contributed by atoms with Crippen molar-refractivity contribution in [3.8, 4) is 0 Å². The smallest absolute Gasteiger partial charge is 0.253 e. The predicted molar refractivity (Wildman–Crippen MR) is 132 cm³/mol. The van der Waals surface area contributed by atoms with Gasteiger partial charge < -0.3 is 20.9 Å². The molecule has 0 spiro atoms. The molecule has 30 heavy (non-hydrogen) atoms. The molecule has 0 aromatic heterocycles. The van der Waals surface area contributed by atoms with Crippen LogP contribution in [0.25, 0.3) is 0 Å². The minimum atomic E-state index is -0.215. The molecule has 0 atom stereocenters. The molecule has 162 valence electrons. The Morgan fingerprint density at radius 2 is 1.60 bits per heavy atom. The van der Waals surface area contributed by atoms with E-state index in [1.807, 2.05) is 12.1 Å². The maximum Gasteiger partial charge on any atom is 0.253 e. The van der Waals surface area contributed by atoms with Crippen molar-refractivity contribution in [1.82, 2.24) is 20.9 Å². The molecule has 0 aliphatic rings. The van der Waals surface area contributed by atoms with Crippen molar-refractivity contribution in [2.75, 3.05) is 34.2 Å². The molecule has 9 heteroatoms. The third-order valence-corrected chi connectivity index (χ3v) is 4.44. The van der Waals surface area contributed by atoms with Crippen molar-refractivity contribution >= 4 is 53.4 Å². The van der Waals surface area contributed by atoms with Gasteiger partial charge in [0, 0.05) is 46.3 Å². The Kier molecular flexibility index (Phi) is 11.2. The number of halogens is 2. The minimum absolute atomic E-state index is 0. The Bertz CT molecular complexity index is 872. The summed E-state index contributed by atoms with van der Waals surface area (Å²) >= 11 is 6.02. The Labute approximate surface area is 199 Å². The molecule has 2 rings (SSSR count). The van der Waals surface area contributed by atoms with Crippen LogP contribution in [0.5, 0.6) is 0 Å². The van der Waals surface area contributed by atoms with Gasteiger partial charge in [-0.25, -0.2) is 0 Å². The average Bonchev–Trinajstić information content (AvgIpc) is 2.73. The Hall–Kier alpha value is -2.33. The van der Waals surface area contributed by atoms with E-state index in [1.54, 1.807) is 62.4 Å². The summed E-state index contributed by atoms with van der Waals surface area (Å²) in [7, 11) is 5.13. The molecular weight excluding hydrogens is 517 g/mol. The van der Waals surface area contributed by atoms with Crippen LogP contribution in [0.3, 0.4) is 0 Å². The van der Waals surface area contributed by atoms with Crippen LogP contribution in [-0.4, -0.2) is 56.9 Å². The summed E-state index contributed by atoms with van der Waals surface area (Å²) in [5.74, 6) is 0.374. The Balaban J connectivity index is 0.00000450. The first-order valence-corrected chi connectivity index (χ1v) is 9.58. The van der Waals surface area contributed by atoms with Gasteiger partial charge in [0.05, 0.1) is 10.6 Å². The predicted octanol–water partition coefficient (Wildman–Crippen LogP) is 2.75. The van der Waals surface area contributed by atoms with Crippen LogP contribution in [-0.2, 0) is 6.54 Å². The van der Waals surface area contributed by atoms with Gasteiger partial charge in [-0.15, -0.1) is 24.0 Å². The molecule has 0 saturated heterocycles. The first-order valence-electron chi connectivity index (χ1n) is 9.20. The number of hydrogen-bond donors (Lipinski definition) is 3. The molecule has 0 saturated carbocycles. The van der Waals surface area contributed by atoms with Crippen LogP contribution >= 0.6 is 35.6 Å². The van der Waals surface area contributed by atoms with Crippen molar-refractivity contribution < 1.29 is 9.59 Å². The molecule has 3 N–H and O–H groups in total. The first kappa shape index (κ1) is 25.7. The largest absolute Gasteiger partial charge is 0.355 e. The van der Waals surface area contributed by atoms with Crippen LogP contribution < -0.4 is 16.0 Å². The Morgan fingerprint density at radius 3 is 2.20 bits per heavy atom. The quantitative estimate of drug-likeness (QED) is 0.217. The van der Waals surface area contributed by atoms with Gasteiger partial charge in [0.1, 0.15) is 0 Å². The molecule has 0 fully saturated rings. The third-order valence-electron chi connectivity index (χ3n) is 4.11. The molecule has 7 nitrogen and oxygen atoms in total. The summed E-state index contributed by atoms with van der Waals surface area (Å²) in [6.07, 6.45) is 0. The van der Waals surface area contributed by atoms with E-state index >= 15 is 0 Å². The highest BCUT2D eigenvalue weighted by atomic mass is 127. The molecule has 0 unspecified atom stereocenters. The van der Waals surface area contributed by atoms with Crippen LogP contribution in [0, 0.1) is 0 Å². The molecule has 2 aromatic carbocycles. The summed E-state index contributed by atoms with van der Waals surface area (Å²) in [5.41, 5.74) is 2.12. The number of benzene rings is 2. The van der Waals surface area contributed by atoms with Crippen molar-refractivity contribution in [2.24, 2.45) is 4.99 Å². The van der Waals surface area contributed by atoms with Crippen molar-refractivity contribution in [3.63, 3.8) is 0 Å². The second kappa shape index (κ2) is 13.1. The molecule has 0 bridgehead atoms. The van der Waals surface area contributed by atoms with Gasteiger partial charge in [0.25, 0.3) is 11.8 Å². The number of carbonyl (C=O) groups excluding carboxylic acids is 2. The summed E-state index contributed by atoms with van der Waals surface area (Å²) in [6, 6.07) is 14.3. The zero-order chi connectivity index (χ0) is 21.2. The van der Waals surface area contributed by atoms with Gasteiger partial charge in [-0.05, 0) is 29.8 Å². The van der Waals surface area contributed by atoms with Gasteiger partial charge in [-0.1, -0.05) is 35.9 Å². The fraction of sp³-hybridized carbons (Fsp3) is 0.286. The molecule has 0 aliphatic carbocycles. The van der Waals surface area contributed by atoms with Gasteiger partial charge in [-0.2, -0.15) is 0 Å². The van der Waals surface area contributed by atoms with Crippen molar-refractivity contribution in [3.05, 3.63) is 70.2 Å². The van der Waals surface area contributed by atoms with Crippen molar-refractivity contribution in [1.29, 1.82) is 0 Å². The van der Waals surface area contributed by atoms with E-state index in [2.05, 4.69) is 20.9 Å². The van der Waals surface area contributed by atoms with Gasteiger partial charge in [0.15, 0.2) is 5.96 Å². The third kappa shape index (κ3) is 7.83. The minimum Gasteiger partial charge on any atom is -0.355 e. The Morgan fingerprint density at radius 1 is 0.967 bits per heavy atom. The molecule has 0 aliphatic heterocycles. The van der Waals surface area contributed by atoms with Gasteiger partial charge in [0.2, 0.25) is 0 Å². The summed E-state index contributed by atoms with van der Waals surface area (Å²) in [5, 5.41) is 9.57. The zero-order valence-corrected chi connectivity index (χ0v) is 20.3. The zero-order valence-electron chi connectivity index (χ0n) is 17.2. The molecule has 0 heterocycles. The number of guanidine groups is 1. The fourth-order valence-electron chi connectivity index (χ4n) is 2.53. The fourth-order valence-corrected chi connectivity index (χ4v) is 2.75. The number of nitrogens with one attached hydrogen (secondary N) is 3. The number of amides is 2. The molecule has 0 radical (unpaired) electrons. The maximum atomic E-state index is 12.1. The van der Waals surface area contributed by atoms with Crippen molar-refractivity contribution in [2.45, 2.75) is 6.54 Å². The van der Waals surface area contributed by atoms with E-state index in [0.29, 0.717) is 41.7 Å². The summed E-state index contributed by atoms with van der Waals surface area (Å²) in [6.45, 7) is 1.49. The van der Waals surface area contributed by atoms with Crippen LogP contribution in [0.2, 0.25) is 5.02 Å². The van der Waals surface area contributed by atoms with E-state index in [4.69, 9.17) is 11.6 Å². The standard InChI is InChI=1S/C21H26ClN5O2.HI/c1-23-21(25-13-12-24-19(28)17-6-4-5-7-18(17)22)26-14-15-8-10-16(11-9-15)20(29)27(2)3;/h4-11H,12-14H2,1-3H3,(H,24,28)(H2,23,25,26);1H. The first-order chi connectivity index (χ1) is 13.9. The van der Waals surface area contributed by atoms with Gasteiger partial charge in [-0.3, -0.25) is 14.6 Å². The van der Waals surface area contributed by atoms with Gasteiger partial charge >= 0.3 is 0 Å². The lowest BCUT2D eigenvalue weighted by atomic mass is 10.1. The van der Waals surface area contributed by atoms with Crippen LogP contribution in [0.15, 0.2) is 53.5 Å². The van der Waals surface area contributed by atoms with E-state index in [0.717, 1.165) is 5.56 Å². The van der Waals surface area contributed by atoms with E-state index in [1.165, 1.54) is 0 Å². The maximum absolute atomic E-state index is 12.1. The highest BCUT2D eigenvalue weighted by molar-refractivity contribution is 14.0. The lowest BCUT2D eigenvalue weighted by molar-refractivity contribution is 0.0827. The average molecular weight is 544 g/mol. The summed E-state index contributed by atoms with van der Waals surface area (Å²) < 4.78 is 0. The lowest BCUT2D eigenvalue weighted by Gasteiger charge is -2.13. The lowest BCUT2D eigenvalue weighted by Crippen LogP contribution is -2.41. The number of rotatable bonds is 7. The molecular formula is C21H27ClIN5O2. The van der Waals surface area contributed by atoms with E-state index < -0.39 is 0 Å². The number of aliphatic imine (C=N–C) groups is 1. The van der Waals surface area contributed by atoms with E-state index in [9.17, 15) is 9.59 Å². The van der Waals surface area contributed by atoms with Crippen LogP contribution in [0.1, 0.15) is 26.3 Å². The highest BCUT2D eigenvalue weighted by Gasteiger charge is 2.09. The second-order valence-electron chi connectivity index (χ2n) is 6.48. The SMILES string of the molecule is CN=C(NCCNC(=O)c1ccccc1Cl)NCc1ccc(C(=O)N(C)C)cc1.I. The molecule has 2 amide bonds. The molecule has 2 aromatic rings. The van der Waals surface area contributed by atoms with E-state index in [-0.39, 0.29) is 35.8 Å². The number of hydrogen-bond acceptors (Lipinski definition) is 3. The highest BCUT2D eigenvalue weighted by Crippen LogP contribution is 2.14. The summed E-state index contributed by atoms with van der Waals surface area (Å²) in [4.78, 5) is 29.7. The normalized spacial score (nSPS) is 10.6. The van der Waals surface area contributed by atoms with Crippen LogP contribution in [0.4, 0.5) is 0 Å². The monoisotopic (exact) mass is 543 g/mol.